The second kappa shape index (κ2) is 12.8. The number of benzene rings is 1. The molecule has 0 spiro atoms. The van der Waals surface area contributed by atoms with Gasteiger partial charge in [0.1, 0.15) is 0 Å². The molecule has 1 heteroatoms. The molecule has 1 rings (SSSR count). The van der Waals surface area contributed by atoms with Crippen molar-refractivity contribution in [2.24, 2.45) is 0 Å². The Hall–Kier alpha value is -1.63. The summed E-state index contributed by atoms with van der Waals surface area (Å²) in [5, 5.41) is 6.92. The standard InChI is InChI=1S/C14H17N.2C2H6/c1-11(2)13-7-4-8-14(10-13)12(3)6-5-9-15;2*1-2/h4-11,15H,3H2,1-2H3;2*1-2H3/b6-5-,15-9?;;. The van der Waals surface area contributed by atoms with Gasteiger partial charge in [0.25, 0.3) is 0 Å². The van der Waals surface area contributed by atoms with Crippen molar-refractivity contribution in [3.8, 4) is 0 Å². The average Bonchev–Trinajstić information content (AvgIpc) is 2.49. The van der Waals surface area contributed by atoms with E-state index in [0.717, 1.165) is 11.1 Å². The van der Waals surface area contributed by atoms with Gasteiger partial charge in [0.2, 0.25) is 0 Å². The second-order valence-electron chi connectivity index (χ2n) is 3.83. The minimum absolute atomic E-state index is 0.532. The van der Waals surface area contributed by atoms with E-state index in [2.05, 4.69) is 32.6 Å². The van der Waals surface area contributed by atoms with Gasteiger partial charge in [0.15, 0.2) is 0 Å². The molecule has 0 aliphatic heterocycles. The van der Waals surface area contributed by atoms with E-state index < -0.39 is 0 Å². The molecule has 0 aromatic heterocycles. The smallest absolute Gasteiger partial charge is 0.0177 e. The predicted molar refractivity (Wildman–Crippen MR) is 90.2 cm³/mol. The summed E-state index contributed by atoms with van der Waals surface area (Å²) in [6.07, 6.45) is 4.80. The predicted octanol–water partition coefficient (Wildman–Crippen LogP) is 6.08. The van der Waals surface area contributed by atoms with Crippen LogP contribution >= 0.6 is 0 Å². The van der Waals surface area contributed by atoms with Crippen LogP contribution in [0.25, 0.3) is 5.57 Å². The van der Waals surface area contributed by atoms with Crippen molar-refractivity contribution in [3.05, 3.63) is 54.1 Å². The largest absolute Gasteiger partial charge is 0.309 e. The van der Waals surface area contributed by atoms with Gasteiger partial charge in [0.05, 0.1) is 0 Å². The summed E-state index contributed by atoms with van der Waals surface area (Å²) in [6.45, 7) is 16.3. The fourth-order valence-electron chi connectivity index (χ4n) is 1.36. The summed E-state index contributed by atoms with van der Waals surface area (Å²) in [4.78, 5) is 0. The Labute approximate surface area is 119 Å². The van der Waals surface area contributed by atoms with Crippen molar-refractivity contribution in [2.75, 3.05) is 0 Å². The molecule has 0 fully saturated rings. The molecule has 1 aromatic rings. The van der Waals surface area contributed by atoms with Gasteiger partial charge in [-0.25, -0.2) is 0 Å². The van der Waals surface area contributed by atoms with Crippen LogP contribution in [0.2, 0.25) is 0 Å². The number of rotatable bonds is 4. The van der Waals surface area contributed by atoms with Gasteiger partial charge in [-0.2, -0.15) is 0 Å². The first-order valence-electron chi connectivity index (χ1n) is 7.11. The van der Waals surface area contributed by atoms with Crippen LogP contribution in [0.15, 0.2) is 43.0 Å². The third-order valence-corrected chi connectivity index (χ3v) is 2.32. The zero-order valence-corrected chi connectivity index (χ0v) is 13.3. The van der Waals surface area contributed by atoms with E-state index in [1.807, 2.05) is 45.9 Å². The second-order valence-corrected chi connectivity index (χ2v) is 3.83. The van der Waals surface area contributed by atoms with E-state index >= 15 is 0 Å². The monoisotopic (exact) mass is 259 g/mol. The van der Waals surface area contributed by atoms with E-state index in [1.165, 1.54) is 11.8 Å². The molecule has 19 heavy (non-hydrogen) atoms. The van der Waals surface area contributed by atoms with Gasteiger partial charge >= 0.3 is 0 Å². The highest BCUT2D eigenvalue weighted by Crippen LogP contribution is 2.20. The fourth-order valence-corrected chi connectivity index (χ4v) is 1.36. The highest BCUT2D eigenvalue weighted by molar-refractivity contribution is 5.79. The van der Waals surface area contributed by atoms with Crippen LogP contribution < -0.4 is 0 Å². The van der Waals surface area contributed by atoms with Gasteiger partial charge in [0, 0.05) is 6.21 Å². The summed E-state index contributed by atoms with van der Waals surface area (Å²) >= 11 is 0. The zero-order valence-electron chi connectivity index (χ0n) is 13.3. The lowest BCUT2D eigenvalue weighted by Gasteiger charge is -2.07. The van der Waals surface area contributed by atoms with Crippen LogP contribution in [-0.4, -0.2) is 6.21 Å². The topological polar surface area (TPSA) is 23.9 Å². The number of nitrogens with one attached hydrogen (secondary N) is 1. The van der Waals surface area contributed by atoms with Crippen LogP contribution in [0.1, 0.15) is 58.6 Å². The van der Waals surface area contributed by atoms with Gasteiger partial charge in [-0.05, 0) is 28.7 Å². The molecule has 0 bridgehead atoms. The van der Waals surface area contributed by atoms with Crippen LogP contribution in [-0.2, 0) is 0 Å². The number of allylic oxidation sites excluding steroid dienone is 3. The Balaban J connectivity index is 0. The number of hydrogen-bond donors (Lipinski definition) is 1. The summed E-state index contributed by atoms with van der Waals surface area (Å²) in [7, 11) is 0. The van der Waals surface area contributed by atoms with E-state index in [4.69, 9.17) is 5.41 Å². The highest BCUT2D eigenvalue weighted by atomic mass is 14.3. The highest BCUT2D eigenvalue weighted by Gasteiger charge is 2.00. The Kier molecular flexibility index (Phi) is 13.3. The van der Waals surface area contributed by atoms with Crippen molar-refractivity contribution in [1.29, 1.82) is 5.41 Å². The minimum Gasteiger partial charge on any atom is -0.309 e. The van der Waals surface area contributed by atoms with Crippen molar-refractivity contribution >= 4 is 11.8 Å². The maximum atomic E-state index is 6.92. The fraction of sp³-hybridized carbons (Fsp3) is 0.389. The van der Waals surface area contributed by atoms with Crippen LogP contribution in [0.3, 0.4) is 0 Å². The average molecular weight is 259 g/mol. The third-order valence-electron chi connectivity index (χ3n) is 2.32. The molecule has 0 radical (unpaired) electrons. The van der Waals surface area contributed by atoms with E-state index in [0.29, 0.717) is 5.92 Å². The lowest BCUT2D eigenvalue weighted by molar-refractivity contribution is 0.866. The molecule has 0 saturated heterocycles. The molecule has 0 unspecified atom stereocenters. The van der Waals surface area contributed by atoms with Crippen LogP contribution in [0.4, 0.5) is 0 Å². The SMILES string of the molecule is C=C(/C=C\C=N)c1cccc(C(C)C)c1.CC.CC. The molecule has 0 amide bonds. The van der Waals surface area contributed by atoms with Gasteiger partial charge in [-0.1, -0.05) is 78.5 Å². The normalized spacial score (nSPS) is 9.21. The van der Waals surface area contributed by atoms with Crippen LogP contribution in [0.5, 0.6) is 0 Å². The van der Waals surface area contributed by atoms with Crippen LogP contribution in [0, 0.1) is 5.41 Å². The summed E-state index contributed by atoms with van der Waals surface area (Å²) in [5.41, 5.74) is 3.39. The molecule has 0 aliphatic rings. The molecular weight excluding hydrogens is 230 g/mol. The van der Waals surface area contributed by atoms with Gasteiger partial charge < -0.3 is 5.41 Å². The van der Waals surface area contributed by atoms with E-state index in [-0.39, 0.29) is 0 Å². The zero-order chi connectivity index (χ0) is 15.3. The Morgan fingerprint density at radius 3 is 2.21 bits per heavy atom. The summed E-state index contributed by atoms with van der Waals surface area (Å²) < 4.78 is 0. The van der Waals surface area contributed by atoms with E-state index in [1.54, 1.807) is 6.08 Å². The lowest BCUT2D eigenvalue weighted by atomic mass is 9.98. The quantitative estimate of drug-likeness (QED) is 0.500. The van der Waals surface area contributed by atoms with Gasteiger partial charge in [-0.15, -0.1) is 0 Å². The first-order valence-corrected chi connectivity index (χ1v) is 7.11. The third kappa shape index (κ3) is 8.15. The molecule has 106 valence electrons. The molecular formula is C18H29N. The first-order chi connectivity index (χ1) is 9.15. The molecule has 0 aliphatic carbocycles. The van der Waals surface area contributed by atoms with Crippen molar-refractivity contribution in [2.45, 2.75) is 47.5 Å². The molecule has 1 nitrogen and oxygen atoms in total. The van der Waals surface area contributed by atoms with Crippen molar-refractivity contribution in [3.63, 3.8) is 0 Å². The minimum atomic E-state index is 0.532. The lowest BCUT2D eigenvalue weighted by Crippen LogP contribution is -1.88. The Morgan fingerprint density at radius 1 is 1.16 bits per heavy atom. The first kappa shape index (κ1) is 19.7. The van der Waals surface area contributed by atoms with Crippen molar-refractivity contribution < 1.29 is 0 Å². The maximum Gasteiger partial charge on any atom is 0.0177 e. The molecule has 0 saturated carbocycles. The van der Waals surface area contributed by atoms with Crippen molar-refractivity contribution in [1.82, 2.24) is 0 Å². The van der Waals surface area contributed by atoms with Gasteiger partial charge in [-0.3, -0.25) is 0 Å². The van der Waals surface area contributed by atoms with E-state index in [9.17, 15) is 0 Å². The number of hydrogen-bond acceptors (Lipinski definition) is 1. The maximum absolute atomic E-state index is 6.92. The summed E-state index contributed by atoms with van der Waals surface area (Å²) in [5.74, 6) is 0.532. The summed E-state index contributed by atoms with van der Waals surface area (Å²) in [6, 6.07) is 8.37. The molecule has 0 atom stereocenters. The Bertz CT molecular complexity index is 386. The molecule has 1 N–H and O–H groups in total. The Morgan fingerprint density at radius 2 is 1.74 bits per heavy atom. The molecule has 0 heterocycles. The molecule has 1 aromatic carbocycles.